The van der Waals surface area contributed by atoms with Gasteiger partial charge in [0.25, 0.3) is 0 Å². The van der Waals surface area contributed by atoms with Crippen molar-refractivity contribution in [2.45, 2.75) is 18.4 Å². The van der Waals surface area contributed by atoms with Crippen LogP contribution in [-0.2, 0) is 9.53 Å². The van der Waals surface area contributed by atoms with Crippen LogP contribution >= 0.6 is 11.8 Å². The number of aliphatic carboxylic acids is 1. The van der Waals surface area contributed by atoms with Gasteiger partial charge >= 0.3 is 12.1 Å². The number of carboxylic acids is 1. The van der Waals surface area contributed by atoms with Gasteiger partial charge in [-0.15, -0.1) is 0 Å². The van der Waals surface area contributed by atoms with Crippen LogP contribution in [-0.4, -0.2) is 41.8 Å². The molecule has 0 spiro atoms. The monoisotopic (exact) mass is 371 g/mol. The summed E-state index contributed by atoms with van der Waals surface area (Å²) in [6, 6.07) is 15.2. The molecule has 6 heteroatoms. The molecule has 0 unspecified atom stereocenters. The first-order chi connectivity index (χ1) is 12.6. The Morgan fingerprint density at radius 3 is 2.23 bits per heavy atom. The van der Waals surface area contributed by atoms with E-state index in [2.05, 4.69) is 17.4 Å². The third kappa shape index (κ3) is 3.85. The van der Waals surface area contributed by atoms with Crippen molar-refractivity contribution >= 4 is 23.8 Å². The molecule has 0 fully saturated rings. The molecule has 0 aliphatic heterocycles. The van der Waals surface area contributed by atoms with Crippen molar-refractivity contribution in [1.82, 2.24) is 5.32 Å². The average Bonchev–Trinajstić information content (AvgIpc) is 2.97. The molecule has 1 aliphatic rings. The molecule has 2 aromatic rings. The average molecular weight is 371 g/mol. The molecule has 0 radical (unpaired) electrons. The number of hydrogen-bond acceptors (Lipinski definition) is 4. The maximum absolute atomic E-state index is 12.1. The number of alkyl carbamates (subject to hydrolysis) is 1. The number of hydrogen-bond donors (Lipinski definition) is 2. The van der Waals surface area contributed by atoms with Gasteiger partial charge in [0.2, 0.25) is 0 Å². The molecule has 0 heterocycles. The van der Waals surface area contributed by atoms with Crippen LogP contribution in [0.4, 0.5) is 4.79 Å². The molecule has 136 valence electrons. The van der Waals surface area contributed by atoms with E-state index in [1.165, 1.54) is 11.8 Å². The van der Waals surface area contributed by atoms with Crippen LogP contribution in [0.5, 0.6) is 0 Å². The highest BCUT2D eigenvalue weighted by Crippen LogP contribution is 2.44. The quantitative estimate of drug-likeness (QED) is 0.776. The summed E-state index contributed by atoms with van der Waals surface area (Å²) in [5.74, 6) is -0.434. The summed E-state index contributed by atoms with van der Waals surface area (Å²) in [4.78, 5) is 23.3. The summed E-state index contributed by atoms with van der Waals surface area (Å²) in [5.41, 5.74) is 4.55. The van der Waals surface area contributed by atoms with Crippen LogP contribution in [0.2, 0.25) is 0 Å². The van der Waals surface area contributed by atoms with Gasteiger partial charge in [-0.25, -0.2) is 9.59 Å². The van der Waals surface area contributed by atoms with Crippen molar-refractivity contribution in [2.75, 3.05) is 18.6 Å². The zero-order valence-corrected chi connectivity index (χ0v) is 15.3. The van der Waals surface area contributed by atoms with E-state index in [1.54, 1.807) is 0 Å². The van der Waals surface area contributed by atoms with Crippen LogP contribution in [0.25, 0.3) is 11.1 Å². The Morgan fingerprint density at radius 2 is 1.69 bits per heavy atom. The van der Waals surface area contributed by atoms with Crippen LogP contribution in [0.15, 0.2) is 48.5 Å². The Labute approximate surface area is 156 Å². The van der Waals surface area contributed by atoms with Crippen molar-refractivity contribution in [3.8, 4) is 11.1 Å². The molecule has 1 aliphatic carbocycles. The molecule has 2 N–H and O–H groups in total. The van der Waals surface area contributed by atoms with Crippen LogP contribution in [0.3, 0.4) is 0 Å². The number of carboxylic acid groups (broad SMARTS) is 1. The predicted molar refractivity (Wildman–Crippen MR) is 103 cm³/mol. The van der Waals surface area contributed by atoms with Crippen molar-refractivity contribution in [3.05, 3.63) is 59.7 Å². The third-order valence-electron chi connectivity index (χ3n) is 4.54. The normalized spacial score (nSPS) is 13.6. The number of fused-ring (bicyclic) bond motifs is 3. The van der Waals surface area contributed by atoms with Gasteiger partial charge in [0.05, 0.1) is 0 Å². The molecule has 26 heavy (non-hydrogen) atoms. The zero-order valence-electron chi connectivity index (χ0n) is 14.5. The number of carbonyl (C=O) groups excluding carboxylic acids is 1. The van der Waals surface area contributed by atoms with Gasteiger partial charge in [0.1, 0.15) is 12.6 Å². The van der Waals surface area contributed by atoms with E-state index in [-0.39, 0.29) is 12.5 Å². The molecule has 1 atom stereocenters. The number of ether oxygens (including phenoxy) is 1. The standard InChI is InChI=1S/C20H21NO4S/c1-26-11-10-18(19(22)23)21-20(24)25-12-17-15-8-4-2-6-13(15)14-7-3-5-9-16(14)17/h2-9,17-18H,10-12H2,1H3,(H,21,24)(H,22,23)/t18-/m0/s1. The summed E-state index contributed by atoms with van der Waals surface area (Å²) >= 11 is 1.54. The number of benzene rings is 2. The van der Waals surface area contributed by atoms with E-state index < -0.39 is 18.1 Å². The summed E-state index contributed by atoms with van der Waals surface area (Å²) in [6.45, 7) is 0.175. The molecular weight excluding hydrogens is 350 g/mol. The lowest BCUT2D eigenvalue weighted by Crippen LogP contribution is -2.41. The number of amides is 1. The third-order valence-corrected chi connectivity index (χ3v) is 5.19. The van der Waals surface area contributed by atoms with Crippen molar-refractivity contribution in [3.63, 3.8) is 0 Å². The number of carbonyl (C=O) groups is 2. The van der Waals surface area contributed by atoms with Crippen molar-refractivity contribution in [1.29, 1.82) is 0 Å². The van der Waals surface area contributed by atoms with Crippen LogP contribution < -0.4 is 5.32 Å². The fraction of sp³-hybridized carbons (Fsp3) is 0.300. The predicted octanol–water partition coefficient (Wildman–Crippen LogP) is 3.73. The summed E-state index contributed by atoms with van der Waals surface area (Å²) in [7, 11) is 0. The largest absolute Gasteiger partial charge is 0.480 e. The number of nitrogens with one attached hydrogen (secondary N) is 1. The Bertz CT molecular complexity index is 762. The smallest absolute Gasteiger partial charge is 0.407 e. The minimum absolute atomic E-state index is 0.0392. The van der Waals surface area contributed by atoms with Crippen molar-refractivity contribution in [2.24, 2.45) is 0 Å². The molecule has 5 nitrogen and oxygen atoms in total. The molecule has 2 aromatic carbocycles. The Morgan fingerprint density at radius 1 is 1.12 bits per heavy atom. The Hall–Kier alpha value is -2.47. The second-order valence-corrected chi connectivity index (χ2v) is 7.13. The van der Waals surface area contributed by atoms with Gasteiger partial charge < -0.3 is 15.2 Å². The van der Waals surface area contributed by atoms with Gasteiger partial charge in [0, 0.05) is 5.92 Å². The minimum atomic E-state index is -1.05. The highest BCUT2D eigenvalue weighted by molar-refractivity contribution is 7.98. The lowest BCUT2D eigenvalue weighted by Gasteiger charge is -2.17. The molecule has 0 bridgehead atoms. The fourth-order valence-electron chi connectivity index (χ4n) is 3.28. The van der Waals surface area contributed by atoms with E-state index in [1.807, 2.05) is 42.7 Å². The van der Waals surface area contributed by atoms with E-state index in [9.17, 15) is 14.7 Å². The van der Waals surface area contributed by atoms with Gasteiger partial charge in [-0.05, 0) is 40.7 Å². The molecule has 3 rings (SSSR count). The van der Waals surface area contributed by atoms with Crippen LogP contribution in [0.1, 0.15) is 23.5 Å². The Kier molecular flexibility index (Phi) is 5.83. The van der Waals surface area contributed by atoms with Crippen molar-refractivity contribution < 1.29 is 19.4 Å². The topological polar surface area (TPSA) is 75.6 Å². The second kappa shape index (κ2) is 8.27. The highest BCUT2D eigenvalue weighted by atomic mass is 32.2. The Balaban J connectivity index is 1.68. The van der Waals surface area contributed by atoms with Gasteiger partial charge in [-0.2, -0.15) is 11.8 Å². The highest BCUT2D eigenvalue weighted by Gasteiger charge is 2.29. The first-order valence-corrected chi connectivity index (χ1v) is 9.84. The number of thioether (sulfide) groups is 1. The summed E-state index contributed by atoms with van der Waals surface area (Å²) in [5, 5.41) is 11.7. The first-order valence-electron chi connectivity index (χ1n) is 8.45. The van der Waals surface area contributed by atoms with E-state index in [4.69, 9.17) is 4.74 Å². The second-order valence-electron chi connectivity index (χ2n) is 6.14. The zero-order chi connectivity index (χ0) is 18.5. The first kappa shape index (κ1) is 18.3. The van der Waals surface area contributed by atoms with Gasteiger partial charge in [-0.3, -0.25) is 0 Å². The summed E-state index contributed by atoms with van der Waals surface area (Å²) < 4.78 is 5.38. The SMILES string of the molecule is CSCC[C@H](NC(=O)OCC1c2ccccc2-c2ccccc21)C(=O)O. The lowest BCUT2D eigenvalue weighted by atomic mass is 9.98. The molecule has 0 saturated carbocycles. The molecule has 0 saturated heterocycles. The maximum Gasteiger partial charge on any atom is 0.407 e. The van der Waals surface area contributed by atoms with E-state index in [0.717, 1.165) is 22.3 Å². The molecule has 0 aromatic heterocycles. The van der Waals surface area contributed by atoms with E-state index >= 15 is 0 Å². The summed E-state index contributed by atoms with van der Waals surface area (Å²) in [6.07, 6.45) is 1.56. The number of rotatable bonds is 7. The fourth-order valence-corrected chi connectivity index (χ4v) is 3.75. The van der Waals surface area contributed by atoms with Gasteiger partial charge in [0.15, 0.2) is 0 Å². The maximum atomic E-state index is 12.1. The van der Waals surface area contributed by atoms with Gasteiger partial charge in [-0.1, -0.05) is 48.5 Å². The van der Waals surface area contributed by atoms with E-state index in [0.29, 0.717) is 12.2 Å². The van der Waals surface area contributed by atoms with Crippen LogP contribution in [0, 0.1) is 0 Å². The lowest BCUT2D eigenvalue weighted by molar-refractivity contribution is -0.139. The molecule has 1 amide bonds. The minimum Gasteiger partial charge on any atom is -0.480 e. The molecular formula is C20H21NO4S.